The van der Waals surface area contributed by atoms with E-state index in [9.17, 15) is 0 Å². The highest BCUT2D eigenvalue weighted by Gasteiger charge is 1.59. The molecule has 4 aromatic carbocycles. The molecule has 0 aromatic heterocycles. The van der Waals surface area contributed by atoms with Crippen molar-refractivity contribution in [2.24, 2.45) is 0 Å². The van der Waals surface area contributed by atoms with E-state index < -0.39 is 0 Å². The maximum absolute atomic E-state index is 4.25. The maximum Gasteiger partial charge on any atom is 0.0351 e. The normalized spacial score (nSPS) is 6.59. The number of hydrogen-bond donors (Lipinski definition) is 0. The van der Waals surface area contributed by atoms with E-state index in [0.717, 1.165) is 0 Å². The molecule has 0 unspecified atom stereocenters. The van der Waals surface area contributed by atoms with Crippen LogP contribution < -0.4 is 0 Å². The quantitative estimate of drug-likeness (QED) is 0.210. The van der Waals surface area contributed by atoms with Gasteiger partial charge >= 0.3 is 0 Å². The van der Waals surface area contributed by atoms with E-state index in [4.69, 9.17) is 0 Å². The summed E-state index contributed by atoms with van der Waals surface area (Å²) in [7, 11) is 9.75. The summed E-state index contributed by atoms with van der Waals surface area (Å²) in [6, 6.07) is 48.0. The Kier molecular flexibility index (Phi) is 110. The number of methoxy groups -OCH3 is 3. The Morgan fingerprint density at radius 3 is 0.220 bits per heavy atom. The highest BCUT2D eigenvalue weighted by Crippen LogP contribution is 1.81. The highest BCUT2D eigenvalue weighted by atomic mass is 16.5. The molecule has 0 saturated carbocycles. The van der Waals surface area contributed by atoms with Crippen LogP contribution in [0.3, 0.4) is 0 Å². The molecule has 0 amide bonds. The number of ether oxygens (including phenoxy) is 3. The average Bonchev–Trinajstić information content (AvgIpc) is 3.10. The van der Waals surface area contributed by atoms with Crippen LogP contribution in [0, 0.1) is 0 Å². The lowest BCUT2D eigenvalue weighted by Crippen LogP contribution is -1.55. The molecule has 0 fully saturated rings. The van der Waals surface area contributed by atoms with Crippen molar-refractivity contribution in [3.05, 3.63) is 146 Å². The zero-order valence-electron chi connectivity index (χ0n) is 29.1. The molecule has 0 aliphatic carbocycles. The van der Waals surface area contributed by atoms with E-state index in [2.05, 4.69) is 14.2 Å². The summed E-state index contributed by atoms with van der Waals surface area (Å²) in [4.78, 5) is 0. The van der Waals surface area contributed by atoms with Crippen LogP contribution in [-0.2, 0) is 14.2 Å². The third-order valence-corrected chi connectivity index (χ3v) is 2.67. The van der Waals surface area contributed by atoms with Gasteiger partial charge in [-0.1, -0.05) is 201 Å². The molecule has 4 aromatic rings. The van der Waals surface area contributed by atoms with Crippen molar-refractivity contribution in [2.45, 2.75) is 55.4 Å². The van der Waals surface area contributed by atoms with Crippen molar-refractivity contribution in [1.29, 1.82) is 0 Å². The largest absolute Gasteiger partial charge is 0.388 e. The van der Waals surface area contributed by atoms with Crippen molar-refractivity contribution in [3.63, 3.8) is 0 Å². The van der Waals surface area contributed by atoms with Crippen molar-refractivity contribution < 1.29 is 14.2 Å². The van der Waals surface area contributed by atoms with Gasteiger partial charge in [0.25, 0.3) is 0 Å². The molecular weight excluding hydrogens is 504 g/mol. The van der Waals surface area contributed by atoms with Gasteiger partial charge in [0.15, 0.2) is 0 Å². The Balaban J connectivity index is -0.0000000643. The first-order valence-electron chi connectivity index (χ1n) is 14.4. The Hall–Kier alpha value is -3.24. The summed E-state index contributed by atoms with van der Waals surface area (Å²) in [5.74, 6) is 0. The minimum Gasteiger partial charge on any atom is -0.388 e. The molecule has 0 heterocycles. The SMILES string of the molecule is CC.CC.CC.CC.COC.COC.COC.c1ccccc1.c1ccccc1.c1ccccc1.c1ccccc1. The van der Waals surface area contributed by atoms with E-state index in [1.165, 1.54) is 0 Å². The summed E-state index contributed by atoms with van der Waals surface area (Å²) >= 11 is 0. The minimum atomic E-state index is 1.62. The molecule has 0 saturated heterocycles. The zero-order valence-corrected chi connectivity index (χ0v) is 29.1. The number of benzene rings is 4. The van der Waals surface area contributed by atoms with Crippen molar-refractivity contribution in [2.75, 3.05) is 42.7 Å². The van der Waals surface area contributed by atoms with Crippen molar-refractivity contribution in [1.82, 2.24) is 0 Å². The van der Waals surface area contributed by atoms with Gasteiger partial charge in [-0.2, -0.15) is 0 Å². The van der Waals surface area contributed by atoms with Crippen molar-refractivity contribution >= 4 is 0 Å². The smallest absolute Gasteiger partial charge is 0.0351 e. The lowest BCUT2D eigenvalue weighted by atomic mass is 10.4. The fourth-order valence-electron chi connectivity index (χ4n) is 1.54. The maximum atomic E-state index is 4.25. The number of rotatable bonds is 0. The van der Waals surface area contributed by atoms with Gasteiger partial charge in [-0.3, -0.25) is 0 Å². The number of hydrogen-bond acceptors (Lipinski definition) is 3. The van der Waals surface area contributed by atoms with Gasteiger partial charge in [-0.05, 0) is 0 Å². The van der Waals surface area contributed by atoms with Crippen LogP contribution in [0.25, 0.3) is 0 Å². The van der Waals surface area contributed by atoms with Gasteiger partial charge in [0.2, 0.25) is 0 Å². The summed E-state index contributed by atoms with van der Waals surface area (Å²) in [5.41, 5.74) is 0. The Bertz CT molecular complexity index is 469. The minimum absolute atomic E-state index is 1.62. The van der Waals surface area contributed by atoms with Gasteiger partial charge in [0, 0.05) is 42.7 Å². The van der Waals surface area contributed by atoms with Gasteiger partial charge in [-0.15, -0.1) is 0 Å². The molecule has 0 radical (unpaired) electrons. The predicted molar refractivity (Wildman–Crippen MR) is 190 cm³/mol. The lowest BCUT2D eigenvalue weighted by molar-refractivity contribution is 0.277. The molecule has 0 atom stereocenters. The van der Waals surface area contributed by atoms with E-state index in [1.54, 1.807) is 42.7 Å². The van der Waals surface area contributed by atoms with Crippen LogP contribution in [0.5, 0.6) is 0 Å². The van der Waals surface area contributed by atoms with E-state index in [-0.39, 0.29) is 0 Å². The second-order valence-corrected chi connectivity index (χ2v) is 5.84. The third kappa shape index (κ3) is 103. The summed E-state index contributed by atoms with van der Waals surface area (Å²) in [6.45, 7) is 16.0. The molecule has 41 heavy (non-hydrogen) atoms. The molecule has 0 bridgehead atoms. The molecule has 0 aliphatic rings. The fraction of sp³-hybridized carbons (Fsp3) is 0.368. The standard InChI is InChI=1S/4C6H6.3C2H6O.4C2H6/c4*1-2-4-6-5-3-1;3*1-3-2;4*1-2/h4*1-6H;3*1-2H3;4*1-2H3. The molecule has 0 N–H and O–H groups in total. The van der Waals surface area contributed by atoms with Crippen LogP contribution in [-0.4, -0.2) is 42.7 Å². The predicted octanol–water partition coefficient (Wildman–Crippen LogP) is 11.6. The second kappa shape index (κ2) is 83.3. The summed E-state index contributed by atoms with van der Waals surface area (Å²) in [6.07, 6.45) is 0. The lowest BCUT2D eigenvalue weighted by Gasteiger charge is -1.69. The summed E-state index contributed by atoms with van der Waals surface area (Å²) < 4.78 is 12.8. The van der Waals surface area contributed by atoms with Gasteiger partial charge in [0.1, 0.15) is 0 Å². The van der Waals surface area contributed by atoms with Crippen LogP contribution in [0.4, 0.5) is 0 Å². The van der Waals surface area contributed by atoms with E-state index in [1.807, 2.05) is 201 Å². The van der Waals surface area contributed by atoms with Gasteiger partial charge in [0.05, 0.1) is 0 Å². The summed E-state index contributed by atoms with van der Waals surface area (Å²) in [5, 5.41) is 0. The van der Waals surface area contributed by atoms with Crippen LogP contribution in [0.1, 0.15) is 55.4 Å². The molecule has 236 valence electrons. The van der Waals surface area contributed by atoms with Gasteiger partial charge in [-0.25, -0.2) is 0 Å². The zero-order chi connectivity index (χ0) is 33.1. The second-order valence-electron chi connectivity index (χ2n) is 5.84. The van der Waals surface area contributed by atoms with Crippen LogP contribution >= 0.6 is 0 Å². The molecule has 0 aliphatic heterocycles. The molecule has 3 nitrogen and oxygen atoms in total. The Morgan fingerprint density at radius 1 is 0.171 bits per heavy atom. The highest BCUT2D eigenvalue weighted by molar-refractivity contribution is 5.00. The average molecular weight is 571 g/mol. The Morgan fingerprint density at radius 2 is 0.195 bits per heavy atom. The first kappa shape index (κ1) is 53.9. The fourth-order valence-corrected chi connectivity index (χ4v) is 1.54. The van der Waals surface area contributed by atoms with Crippen molar-refractivity contribution in [3.8, 4) is 0 Å². The Labute approximate surface area is 257 Å². The molecule has 0 spiro atoms. The van der Waals surface area contributed by atoms with E-state index >= 15 is 0 Å². The monoisotopic (exact) mass is 571 g/mol. The van der Waals surface area contributed by atoms with Crippen LogP contribution in [0.2, 0.25) is 0 Å². The van der Waals surface area contributed by atoms with E-state index in [0.29, 0.717) is 0 Å². The first-order chi connectivity index (χ1) is 20.2. The molecular formula is C38H66O3. The first-order valence-corrected chi connectivity index (χ1v) is 14.4. The molecule has 3 heteroatoms. The molecule has 4 rings (SSSR count). The van der Waals surface area contributed by atoms with Crippen LogP contribution in [0.15, 0.2) is 146 Å². The van der Waals surface area contributed by atoms with Gasteiger partial charge < -0.3 is 14.2 Å². The third-order valence-electron chi connectivity index (χ3n) is 2.67. The topological polar surface area (TPSA) is 27.7 Å².